The highest BCUT2D eigenvalue weighted by Gasteiger charge is 2.22. The fourth-order valence-electron chi connectivity index (χ4n) is 1.51. The highest BCUT2D eigenvalue weighted by atomic mass is 32.2. The van der Waals surface area contributed by atoms with E-state index in [1.165, 1.54) is 12.1 Å². The number of aromatic carboxylic acids is 1. The number of carboxylic acids is 1. The number of sulfonamides is 1. The number of carboxylic acid groups (broad SMARTS) is 1. The highest BCUT2D eigenvalue weighted by Crippen LogP contribution is 2.27. The lowest BCUT2D eigenvalue weighted by Gasteiger charge is -2.06. The van der Waals surface area contributed by atoms with Gasteiger partial charge in [-0.15, -0.1) is 0 Å². The van der Waals surface area contributed by atoms with Gasteiger partial charge in [0.2, 0.25) is 0 Å². The molecule has 1 aromatic carbocycles. The van der Waals surface area contributed by atoms with Crippen molar-refractivity contribution in [2.24, 2.45) is 0 Å². The molecule has 0 aliphatic heterocycles. The van der Waals surface area contributed by atoms with E-state index in [0.29, 0.717) is 11.4 Å². The van der Waals surface area contributed by atoms with Crippen LogP contribution in [0.5, 0.6) is 0 Å². The molecule has 8 heteroatoms. The van der Waals surface area contributed by atoms with Gasteiger partial charge in [0.05, 0.1) is 9.90 Å². The number of anilines is 1. The first-order valence-electron chi connectivity index (χ1n) is 5.75. The number of thiazole rings is 1. The molecule has 0 aliphatic rings. The third-order valence-corrected chi connectivity index (χ3v) is 5.07. The Morgan fingerprint density at radius 2 is 2.00 bits per heavy atom. The van der Waals surface area contributed by atoms with Gasteiger partial charge in [0.25, 0.3) is 10.0 Å². The normalized spacial score (nSPS) is 11.2. The minimum Gasteiger partial charge on any atom is -0.476 e. The van der Waals surface area contributed by atoms with Crippen molar-refractivity contribution in [1.29, 1.82) is 0 Å². The number of aryl methyl sites for hydroxylation is 1. The Kier molecular flexibility index (Phi) is 4.05. The second-order valence-corrected chi connectivity index (χ2v) is 6.63. The van der Waals surface area contributed by atoms with Crippen molar-refractivity contribution in [3.05, 3.63) is 41.0 Å². The molecule has 106 valence electrons. The van der Waals surface area contributed by atoms with Gasteiger partial charge in [-0.2, -0.15) is 0 Å². The zero-order chi connectivity index (χ0) is 14.8. The molecule has 0 atom stereocenters. The summed E-state index contributed by atoms with van der Waals surface area (Å²) in [6, 6.07) is 7.76. The molecule has 0 bridgehead atoms. The third-order valence-electron chi connectivity index (χ3n) is 2.46. The number of carbonyl (C=O) groups is 1. The first-order chi connectivity index (χ1) is 9.44. The van der Waals surface area contributed by atoms with E-state index in [0.717, 1.165) is 11.3 Å². The van der Waals surface area contributed by atoms with Crippen molar-refractivity contribution in [2.45, 2.75) is 18.2 Å². The molecule has 20 heavy (non-hydrogen) atoms. The summed E-state index contributed by atoms with van der Waals surface area (Å²) >= 11 is 1.03. The lowest BCUT2D eigenvalue weighted by molar-refractivity contribution is 0.0692. The molecule has 2 aromatic rings. The van der Waals surface area contributed by atoms with Gasteiger partial charge >= 0.3 is 5.97 Å². The maximum Gasteiger partial charge on any atom is 0.357 e. The summed E-state index contributed by atoms with van der Waals surface area (Å²) in [7, 11) is -3.81. The SMILES string of the molecule is CCc1nc(C(=O)O)c(NS(=O)(=O)c2ccccc2)s1. The summed E-state index contributed by atoms with van der Waals surface area (Å²) in [5, 5.41) is 9.64. The largest absolute Gasteiger partial charge is 0.476 e. The van der Waals surface area contributed by atoms with Gasteiger partial charge in [-0.05, 0) is 18.6 Å². The Bertz CT molecular complexity index is 723. The minimum atomic E-state index is -3.81. The van der Waals surface area contributed by atoms with Crippen molar-refractivity contribution in [1.82, 2.24) is 4.98 Å². The van der Waals surface area contributed by atoms with Gasteiger partial charge < -0.3 is 5.11 Å². The number of rotatable bonds is 5. The van der Waals surface area contributed by atoms with Crippen LogP contribution in [0.25, 0.3) is 0 Å². The smallest absolute Gasteiger partial charge is 0.357 e. The van der Waals surface area contributed by atoms with Gasteiger partial charge in [0.1, 0.15) is 5.00 Å². The molecule has 0 saturated heterocycles. The van der Waals surface area contributed by atoms with Gasteiger partial charge in [-0.1, -0.05) is 36.5 Å². The quantitative estimate of drug-likeness (QED) is 0.882. The molecule has 0 aliphatic carbocycles. The average molecular weight is 312 g/mol. The fraction of sp³-hybridized carbons (Fsp3) is 0.167. The number of nitrogens with zero attached hydrogens (tertiary/aromatic N) is 1. The van der Waals surface area contributed by atoms with Gasteiger partial charge in [-0.3, -0.25) is 4.72 Å². The van der Waals surface area contributed by atoms with Crippen LogP contribution in [-0.4, -0.2) is 24.5 Å². The van der Waals surface area contributed by atoms with E-state index in [-0.39, 0.29) is 15.6 Å². The van der Waals surface area contributed by atoms with Crippen LogP contribution in [0, 0.1) is 0 Å². The predicted molar refractivity (Wildman–Crippen MR) is 75.7 cm³/mol. The molecule has 2 rings (SSSR count). The molecular weight excluding hydrogens is 300 g/mol. The Morgan fingerprint density at radius 1 is 1.35 bits per heavy atom. The fourth-order valence-corrected chi connectivity index (χ4v) is 3.73. The second-order valence-electron chi connectivity index (χ2n) is 3.86. The Labute approximate surface area is 120 Å². The zero-order valence-electron chi connectivity index (χ0n) is 10.5. The summed E-state index contributed by atoms with van der Waals surface area (Å²) in [4.78, 5) is 15.1. The number of nitrogens with one attached hydrogen (secondary N) is 1. The van der Waals surface area contributed by atoms with Crippen LogP contribution in [-0.2, 0) is 16.4 Å². The number of aromatic nitrogens is 1. The summed E-state index contributed by atoms with van der Waals surface area (Å²) in [5.41, 5.74) is -0.272. The second kappa shape index (κ2) is 5.59. The maximum atomic E-state index is 12.1. The van der Waals surface area contributed by atoms with E-state index in [9.17, 15) is 13.2 Å². The molecule has 0 spiro atoms. The molecule has 1 aromatic heterocycles. The van der Waals surface area contributed by atoms with Crippen LogP contribution in [0.1, 0.15) is 22.4 Å². The number of benzene rings is 1. The molecule has 2 N–H and O–H groups in total. The van der Waals surface area contributed by atoms with E-state index in [2.05, 4.69) is 9.71 Å². The van der Waals surface area contributed by atoms with E-state index in [4.69, 9.17) is 5.11 Å². The van der Waals surface area contributed by atoms with Crippen LogP contribution in [0.2, 0.25) is 0 Å². The average Bonchev–Trinajstić information content (AvgIpc) is 2.82. The summed E-state index contributed by atoms with van der Waals surface area (Å²) in [6.07, 6.45) is 0.540. The van der Waals surface area contributed by atoms with Crippen molar-refractivity contribution >= 4 is 32.3 Å². The minimum absolute atomic E-state index is 0.0261. The Morgan fingerprint density at radius 3 is 2.55 bits per heavy atom. The monoisotopic (exact) mass is 312 g/mol. The van der Waals surface area contributed by atoms with Gasteiger partial charge in [0.15, 0.2) is 5.69 Å². The molecule has 0 unspecified atom stereocenters. The lowest BCUT2D eigenvalue weighted by atomic mass is 10.4. The topological polar surface area (TPSA) is 96.4 Å². The molecule has 1 heterocycles. The predicted octanol–water partition coefficient (Wildman–Crippen LogP) is 2.20. The molecule has 0 amide bonds. The van der Waals surface area contributed by atoms with Crippen LogP contribution in [0.15, 0.2) is 35.2 Å². The summed E-state index contributed by atoms with van der Waals surface area (Å²) < 4.78 is 26.6. The summed E-state index contributed by atoms with van der Waals surface area (Å²) in [5.74, 6) is -1.26. The standard InChI is InChI=1S/C12H12N2O4S2/c1-2-9-13-10(12(15)16)11(19-9)14-20(17,18)8-6-4-3-5-7-8/h3-7,14H,2H2,1H3,(H,15,16). The third kappa shape index (κ3) is 2.97. The zero-order valence-corrected chi connectivity index (χ0v) is 12.2. The molecular formula is C12H12N2O4S2. The van der Waals surface area contributed by atoms with Crippen LogP contribution < -0.4 is 4.72 Å². The number of hydrogen-bond donors (Lipinski definition) is 2. The van der Waals surface area contributed by atoms with E-state index in [1.54, 1.807) is 18.2 Å². The lowest BCUT2D eigenvalue weighted by Crippen LogP contribution is -2.14. The first kappa shape index (κ1) is 14.5. The van der Waals surface area contributed by atoms with Crippen molar-refractivity contribution in [3.63, 3.8) is 0 Å². The van der Waals surface area contributed by atoms with Crippen molar-refractivity contribution in [2.75, 3.05) is 4.72 Å². The van der Waals surface area contributed by atoms with E-state index in [1.807, 2.05) is 6.92 Å². The van der Waals surface area contributed by atoms with Crippen LogP contribution in [0.3, 0.4) is 0 Å². The molecule has 0 fully saturated rings. The van der Waals surface area contributed by atoms with Gasteiger partial charge in [-0.25, -0.2) is 18.2 Å². The van der Waals surface area contributed by atoms with Crippen molar-refractivity contribution < 1.29 is 18.3 Å². The van der Waals surface area contributed by atoms with E-state index >= 15 is 0 Å². The first-order valence-corrected chi connectivity index (χ1v) is 8.05. The molecule has 0 radical (unpaired) electrons. The van der Waals surface area contributed by atoms with Crippen molar-refractivity contribution in [3.8, 4) is 0 Å². The van der Waals surface area contributed by atoms with Crippen LogP contribution >= 0.6 is 11.3 Å². The van der Waals surface area contributed by atoms with Crippen LogP contribution in [0.4, 0.5) is 5.00 Å². The Balaban J connectivity index is 2.39. The summed E-state index contributed by atoms with van der Waals surface area (Å²) in [6.45, 7) is 1.82. The number of hydrogen-bond acceptors (Lipinski definition) is 5. The van der Waals surface area contributed by atoms with E-state index < -0.39 is 16.0 Å². The Hall–Kier alpha value is -1.93. The highest BCUT2D eigenvalue weighted by molar-refractivity contribution is 7.93. The van der Waals surface area contributed by atoms with Gasteiger partial charge in [0, 0.05) is 0 Å². The molecule has 0 saturated carbocycles. The molecule has 6 nitrogen and oxygen atoms in total. The maximum absolute atomic E-state index is 12.1.